The minimum Gasteiger partial charge on any atom is -0.280 e. The highest BCUT2D eigenvalue weighted by molar-refractivity contribution is 7.93. The van der Waals surface area contributed by atoms with E-state index in [0.29, 0.717) is 22.3 Å². The molecule has 0 aliphatic rings. The molecule has 1 aromatic heterocycles. The van der Waals surface area contributed by atoms with E-state index >= 15 is 0 Å². The maximum absolute atomic E-state index is 12.5. The number of hydrogen-bond acceptors (Lipinski definition) is 6. The number of rotatable bonds is 3. The molecule has 3 rings (SSSR count). The van der Waals surface area contributed by atoms with Gasteiger partial charge in [0.1, 0.15) is 15.9 Å². The quantitative estimate of drug-likeness (QED) is 0.800. The topological polar surface area (TPSA) is 95.7 Å². The van der Waals surface area contributed by atoms with Crippen molar-refractivity contribution in [2.45, 2.75) is 4.90 Å². The molecule has 0 atom stereocenters. The van der Waals surface area contributed by atoms with E-state index in [1.165, 1.54) is 12.1 Å². The molecule has 0 spiro atoms. The van der Waals surface area contributed by atoms with Crippen molar-refractivity contribution in [1.29, 1.82) is 5.26 Å². The SMILES string of the molecule is N#Cc1cccc(NS(=O)(=O)c2cccc3nsnc23)c1. The Kier molecular flexibility index (Phi) is 3.29. The minimum absolute atomic E-state index is 0.0658. The van der Waals surface area contributed by atoms with Crippen molar-refractivity contribution >= 4 is 38.5 Å². The van der Waals surface area contributed by atoms with Crippen LogP contribution in [0, 0.1) is 11.3 Å². The Morgan fingerprint density at radius 2 is 1.95 bits per heavy atom. The zero-order valence-corrected chi connectivity index (χ0v) is 12.1. The van der Waals surface area contributed by atoms with Gasteiger partial charge in [0.2, 0.25) is 0 Å². The molecular weight excluding hydrogens is 308 g/mol. The van der Waals surface area contributed by atoms with Gasteiger partial charge in [0.05, 0.1) is 29.0 Å². The highest BCUT2D eigenvalue weighted by Gasteiger charge is 2.19. The lowest BCUT2D eigenvalue weighted by Crippen LogP contribution is -2.13. The van der Waals surface area contributed by atoms with E-state index in [0.717, 1.165) is 11.7 Å². The number of nitrogens with zero attached hydrogens (tertiary/aromatic N) is 3. The van der Waals surface area contributed by atoms with Crippen molar-refractivity contribution < 1.29 is 8.42 Å². The summed E-state index contributed by atoms with van der Waals surface area (Å²) in [6.07, 6.45) is 0. The van der Waals surface area contributed by atoms with E-state index in [1.807, 2.05) is 6.07 Å². The molecule has 1 N–H and O–H groups in total. The van der Waals surface area contributed by atoms with Crippen LogP contribution >= 0.6 is 11.7 Å². The molecule has 0 radical (unpaired) electrons. The molecule has 2 aromatic carbocycles. The summed E-state index contributed by atoms with van der Waals surface area (Å²) < 4.78 is 35.4. The molecule has 0 aliphatic heterocycles. The number of aromatic nitrogens is 2. The van der Waals surface area contributed by atoms with Gasteiger partial charge in [-0.1, -0.05) is 12.1 Å². The molecule has 6 nitrogen and oxygen atoms in total. The highest BCUT2D eigenvalue weighted by Crippen LogP contribution is 2.23. The molecule has 0 fully saturated rings. The fraction of sp³-hybridized carbons (Fsp3) is 0. The summed E-state index contributed by atoms with van der Waals surface area (Å²) in [6, 6.07) is 13.0. The number of fused-ring (bicyclic) bond motifs is 1. The van der Waals surface area contributed by atoms with Gasteiger partial charge in [-0.25, -0.2) is 8.42 Å². The van der Waals surface area contributed by atoms with Crippen LogP contribution in [0.3, 0.4) is 0 Å². The Hall–Kier alpha value is -2.50. The van der Waals surface area contributed by atoms with Crippen LogP contribution in [0.4, 0.5) is 5.69 Å². The molecule has 1 heterocycles. The standard InChI is InChI=1S/C13H8N4O2S2/c14-8-9-3-1-4-10(7-9)17-21(18,19)12-6-2-5-11-13(12)16-20-15-11/h1-7,17H. The van der Waals surface area contributed by atoms with Crippen molar-refractivity contribution in [3.8, 4) is 6.07 Å². The third-order valence-electron chi connectivity index (χ3n) is 2.78. The molecule has 0 bridgehead atoms. The van der Waals surface area contributed by atoms with Crippen LogP contribution in [0.25, 0.3) is 11.0 Å². The number of anilines is 1. The summed E-state index contributed by atoms with van der Waals surface area (Å²) in [5, 5.41) is 8.85. The third-order valence-corrected chi connectivity index (χ3v) is 4.74. The Morgan fingerprint density at radius 3 is 2.76 bits per heavy atom. The largest absolute Gasteiger partial charge is 0.280 e. The zero-order valence-electron chi connectivity index (χ0n) is 10.5. The van der Waals surface area contributed by atoms with Crippen LogP contribution in [0.5, 0.6) is 0 Å². The lowest BCUT2D eigenvalue weighted by Gasteiger charge is -2.08. The average Bonchev–Trinajstić information content (AvgIpc) is 2.95. The van der Waals surface area contributed by atoms with Crippen LogP contribution < -0.4 is 4.72 Å². The predicted octanol–water partition coefficient (Wildman–Crippen LogP) is 2.36. The van der Waals surface area contributed by atoms with E-state index in [9.17, 15) is 8.42 Å². The smallest absolute Gasteiger partial charge is 0.264 e. The van der Waals surface area contributed by atoms with Crippen LogP contribution in [0.2, 0.25) is 0 Å². The minimum atomic E-state index is -3.79. The van der Waals surface area contributed by atoms with Crippen LogP contribution in [-0.4, -0.2) is 17.2 Å². The van der Waals surface area contributed by atoms with Crippen molar-refractivity contribution in [1.82, 2.24) is 8.75 Å². The molecule has 0 saturated carbocycles. The normalized spacial score (nSPS) is 11.2. The van der Waals surface area contributed by atoms with Crippen molar-refractivity contribution in [3.05, 3.63) is 48.0 Å². The number of nitrogens with one attached hydrogen (secondary N) is 1. The van der Waals surface area contributed by atoms with E-state index in [4.69, 9.17) is 5.26 Å². The summed E-state index contributed by atoms with van der Waals surface area (Å²) in [4.78, 5) is 0.0658. The second-order valence-electron chi connectivity index (χ2n) is 4.19. The van der Waals surface area contributed by atoms with Crippen molar-refractivity contribution in [3.63, 3.8) is 0 Å². The van der Waals surface area contributed by atoms with Crippen molar-refractivity contribution in [2.75, 3.05) is 4.72 Å². The van der Waals surface area contributed by atoms with Crippen LogP contribution in [0.15, 0.2) is 47.4 Å². The van der Waals surface area contributed by atoms with E-state index < -0.39 is 10.0 Å². The molecule has 0 unspecified atom stereocenters. The molecular formula is C13H8N4O2S2. The number of benzene rings is 2. The van der Waals surface area contributed by atoms with E-state index in [1.54, 1.807) is 30.3 Å². The maximum atomic E-state index is 12.5. The Morgan fingerprint density at radius 1 is 1.14 bits per heavy atom. The lowest BCUT2D eigenvalue weighted by atomic mass is 10.2. The summed E-state index contributed by atoms with van der Waals surface area (Å²) in [6.45, 7) is 0. The van der Waals surface area contributed by atoms with Gasteiger partial charge < -0.3 is 0 Å². The monoisotopic (exact) mass is 316 g/mol. The van der Waals surface area contributed by atoms with Crippen molar-refractivity contribution in [2.24, 2.45) is 0 Å². The fourth-order valence-electron chi connectivity index (χ4n) is 1.86. The first-order chi connectivity index (χ1) is 10.1. The van der Waals surface area contributed by atoms with E-state index in [2.05, 4.69) is 13.5 Å². The Labute approximate surface area is 125 Å². The second-order valence-corrected chi connectivity index (χ2v) is 6.37. The molecule has 8 heteroatoms. The third kappa shape index (κ3) is 2.56. The highest BCUT2D eigenvalue weighted by atomic mass is 32.2. The van der Waals surface area contributed by atoms with Gasteiger partial charge in [-0.15, -0.1) is 0 Å². The summed E-state index contributed by atoms with van der Waals surface area (Å²) in [5.41, 5.74) is 1.58. The molecule has 0 aliphatic carbocycles. The first kappa shape index (κ1) is 13.5. The summed E-state index contributed by atoms with van der Waals surface area (Å²) in [5.74, 6) is 0. The van der Waals surface area contributed by atoms with E-state index in [-0.39, 0.29) is 4.90 Å². The van der Waals surface area contributed by atoms with Crippen LogP contribution in [0.1, 0.15) is 5.56 Å². The Bertz CT molecular complexity index is 957. The lowest BCUT2D eigenvalue weighted by molar-refractivity contribution is 0.602. The first-order valence-corrected chi connectivity index (χ1v) is 8.06. The summed E-state index contributed by atoms with van der Waals surface area (Å²) in [7, 11) is -3.79. The molecule has 0 saturated heterocycles. The Balaban J connectivity index is 2.05. The molecule has 0 amide bonds. The van der Waals surface area contributed by atoms with Gasteiger partial charge in [-0.05, 0) is 30.3 Å². The predicted molar refractivity (Wildman–Crippen MR) is 79.4 cm³/mol. The van der Waals surface area contributed by atoms with Crippen LogP contribution in [-0.2, 0) is 10.0 Å². The van der Waals surface area contributed by atoms with Gasteiger partial charge in [-0.3, -0.25) is 4.72 Å². The van der Waals surface area contributed by atoms with Gasteiger partial charge in [0, 0.05) is 0 Å². The van der Waals surface area contributed by atoms with Gasteiger partial charge >= 0.3 is 0 Å². The molecule has 3 aromatic rings. The second kappa shape index (κ2) is 5.12. The first-order valence-electron chi connectivity index (χ1n) is 5.84. The number of hydrogen-bond donors (Lipinski definition) is 1. The van der Waals surface area contributed by atoms with Gasteiger partial charge in [-0.2, -0.15) is 14.0 Å². The zero-order chi connectivity index (χ0) is 14.9. The maximum Gasteiger partial charge on any atom is 0.264 e. The van der Waals surface area contributed by atoms with Gasteiger partial charge in [0.25, 0.3) is 10.0 Å². The molecule has 21 heavy (non-hydrogen) atoms. The average molecular weight is 316 g/mol. The van der Waals surface area contributed by atoms with Gasteiger partial charge in [0.15, 0.2) is 0 Å². The fourth-order valence-corrected chi connectivity index (χ4v) is 3.68. The summed E-state index contributed by atoms with van der Waals surface area (Å²) >= 11 is 0.960. The molecule has 104 valence electrons. The number of sulfonamides is 1. The number of nitriles is 1.